The summed E-state index contributed by atoms with van der Waals surface area (Å²) < 4.78 is 0. The Labute approximate surface area is 191 Å². The fraction of sp³-hybridized carbons (Fsp3) is 0.458. The van der Waals surface area contributed by atoms with Crippen molar-refractivity contribution in [2.75, 3.05) is 33.1 Å². The second kappa shape index (κ2) is 7.34. The number of hydrogen-bond acceptors (Lipinski definition) is 8. The minimum atomic E-state index is -1.63. The number of likely N-dealkylation sites (N-methyl/N-ethyl adjacent to an activating group) is 1. The van der Waals surface area contributed by atoms with E-state index in [9.17, 15) is 29.7 Å². The Morgan fingerprint density at radius 2 is 1.76 bits per heavy atom. The number of aliphatic hydroxyl groups excluding tert-OH is 2. The van der Waals surface area contributed by atoms with Gasteiger partial charge in [-0.05, 0) is 57.5 Å². The molecule has 3 aliphatic carbocycles. The maximum Gasteiger partial charge on any atom is 0.255 e. The molecule has 33 heavy (non-hydrogen) atoms. The molecule has 5 N–H and O–H groups in total. The minimum absolute atomic E-state index is 0.0727. The molecule has 0 unspecified atom stereocenters. The lowest BCUT2D eigenvalue weighted by atomic mass is 9.54. The van der Waals surface area contributed by atoms with E-state index in [2.05, 4.69) is 0 Å². The predicted molar refractivity (Wildman–Crippen MR) is 121 cm³/mol. The van der Waals surface area contributed by atoms with Crippen molar-refractivity contribution in [1.82, 2.24) is 4.90 Å². The molecule has 0 aliphatic heterocycles. The summed E-state index contributed by atoms with van der Waals surface area (Å²) in [4.78, 5) is 42.7. The number of aliphatic hydroxyl groups is 2. The number of allylic oxidation sites excluding steroid dienone is 2. The van der Waals surface area contributed by atoms with Gasteiger partial charge in [-0.1, -0.05) is 0 Å². The number of hydrogen-bond donors (Lipinski definition) is 4. The van der Waals surface area contributed by atoms with E-state index in [4.69, 9.17) is 5.73 Å². The number of benzene rings is 1. The third-order valence-corrected chi connectivity index (χ3v) is 7.52. The van der Waals surface area contributed by atoms with Crippen molar-refractivity contribution >= 4 is 23.2 Å². The molecular weight excluding hydrogens is 426 g/mol. The van der Waals surface area contributed by atoms with E-state index in [1.165, 1.54) is 13.0 Å². The predicted octanol–water partition coefficient (Wildman–Crippen LogP) is 1.46. The highest BCUT2D eigenvalue weighted by Crippen LogP contribution is 2.56. The molecule has 0 saturated heterocycles. The van der Waals surface area contributed by atoms with Crippen LogP contribution in [0.2, 0.25) is 0 Å². The number of nitrogens with zero attached hydrogens (tertiary/aromatic N) is 2. The lowest BCUT2D eigenvalue weighted by molar-refractivity contribution is -0.134. The summed E-state index contributed by atoms with van der Waals surface area (Å²) in [7, 11) is 7.09. The van der Waals surface area contributed by atoms with Gasteiger partial charge in [0.2, 0.25) is 0 Å². The van der Waals surface area contributed by atoms with E-state index in [1.54, 1.807) is 25.1 Å². The first kappa shape index (κ1) is 22.8. The van der Waals surface area contributed by atoms with Crippen molar-refractivity contribution in [2.24, 2.45) is 23.0 Å². The van der Waals surface area contributed by atoms with Crippen LogP contribution in [0.4, 0.5) is 5.69 Å². The number of phenolic OH excluding ortho intramolecular Hbond substituents is 1. The van der Waals surface area contributed by atoms with E-state index < -0.39 is 57.9 Å². The van der Waals surface area contributed by atoms with Gasteiger partial charge in [0.25, 0.3) is 5.91 Å². The van der Waals surface area contributed by atoms with Gasteiger partial charge >= 0.3 is 0 Å². The average molecular weight is 456 g/mol. The highest BCUT2D eigenvalue weighted by molar-refractivity contribution is 6.23. The third-order valence-electron chi connectivity index (χ3n) is 7.52. The largest absolute Gasteiger partial charge is 0.511 e. The Morgan fingerprint density at radius 1 is 1.12 bits per heavy atom. The van der Waals surface area contributed by atoms with E-state index in [-0.39, 0.29) is 16.9 Å². The Morgan fingerprint density at radius 3 is 2.30 bits per heavy atom. The molecule has 176 valence electrons. The number of primary amides is 1. The lowest BCUT2D eigenvalue weighted by Crippen LogP contribution is -2.58. The van der Waals surface area contributed by atoms with Crippen molar-refractivity contribution in [3.8, 4) is 5.75 Å². The molecule has 3 aliphatic rings. The smallest absolute Gasteiger partial charge is 0.255 e. The number of phenols is 1. The number of anilines is 1. The van der Waals surface area contributed by atoms with Crippen LogP contribution in [0.1, 0.15) is 29.3 Å². The third kappa shape index (κ3) is 2.91. The van der Waals surface area contributed by atoms with Crippen molar-refractivity contribution < 1.29 is 29.7 Å². The summed E-state index contributed by atoms with van der Waals surface area (Å²) in [6.07, 6.45) is 0.685. The van der Waals surface area contributed by atoms with Crippen LogP contribution < -0.4 is 10.6 Å². The average Bonchev–Trinajstić information content (AvgIpc) is 2.70. The maximum atomic E-state index is 13.6. The number of Topliss-reactive ketones (excluding diaryl/α,β-unsaturated/α-hetero) is 2. The van der Waals surface area contributed by atoms with Gasteiger partial charge in [0.05, 0.1) is 17.0 Å². The van der Waals surface area contributed by atoms with Gasteiger partial charge in [0.1, 0.15) is 22.8 Å². The van der Waals surface area contributed by atoms with Gasteiger partial charge in [-0.25, -0.2) is 0 Å². The number of amides is 1. The van der Waals surface area contributed by atoms with Crippen LogP contribution in [0.3, 0.4) is 0 Å². The maximum absolute atomic E-state index is 13.6. The summed E-state index contributed by atoms with van der Waals surface area (Å²) in [5.74, 6) is -4.48. The number of aromatic hydroxyl groups is 1. The molecule has 0 aromatic heterocycles. The SMILES string of the molecule is CN(C)c1ccc(O)c2c1C[C@H]1C[C@H]3[C@H](N(C)C)C(O)=C(C(N)=O)C(=O)[C@@]3(C)C(O)=C1C2=O. The number of rotatable bonds is 3. The number of nitrogens with two attached hydrogens (primary N) is 1. The first-order valence-corrected chi connectivity index (χ1v) is 10.8. The summed E-state index contributed by atoms with van der Waals surface area (Å²) in [5.41, 5.74) is 4.89. The lowest BCUT2D eigenvalue weighted by Gasteiger charge is -2.51. The molecular formula is C24H29N3O6. The molecule has 4 rings (SSSR count). The zero-order valence-corrected chi connectivity index (χ0v) is 19.3. The van der Waals surface area contributed by atoms with Crippen LogP contribution in [0, 0.1) is 17.3 Å². The van der Waals surface area contributed by atoms with E-state index in [0.717, 1.165) is 5.69 Å². The van der Waals surface area contributed by atoms with Crippen molar-refractivity contribution in [2.45, 2.75) is 25.8 Å². The quantitative estimate of drug-likeness (QED) is 0.502. The van der Waals surface area contributed by atoms with Gasteiger partial charge in [0.15, 0.2) is 11.6 Å². The molecule has 1 aromatic carbocycles. The fourth-order valence-corrected chi connectivity index (χ4v) is 5.95. The first-order chi connectivity index (χ1) is 15.3. The zero-order chi connectivity index (χ0) is 24.6. The van der Waals surface area contributed by atoms with Gasteiger partial charge in [-0.3, -0.25) is 19.3 Å². The molecule has 0 heterocycles. The van der Waals surface area contributed by atoms with Gasteiger partial charge in [0, 0.05) is 31.3 Å². The van der Waals surface area contributed by atoms with Gasteiger partial charge in [-0.2, -0.15) is 0 Å². The first-order valence-electron chi connectivity index (χ1n) is 10.8. The van der Waals surface area contributed by atoms with E-state index >= 15 is 0 Å². The van der Waals surface area contributed by atoms with Crippen molar-refractivity contribution in [3.05, 3.63) is 45.9 Å². The van der Waals surface area contributed by atoms with Crippen LogP contribution >= 0.6 is 0 Å². The Bertz CT molecular complexity index is 1160. The van der Waals surface area contributed by atoms with Crippen LogP contribution in [-0.4, -0.2) is 71.9 Å². The number of ketones is 2. The summed E-state index contributed by atoms with van der Waals surface area (Å²) in [6, 6.07) is 2.42. The second-order valence-corrected chi connectivity index (χ2v) is 9.75. The highest BCUT2D eigenvalue weighted by atomic mass is 16.3. The van der Waals surface area contributed by atoms with E-state index in [1.807, 2.05) is 19.0 Å². The van der Waals surface area contributed by atoms with Gasteiger partial charge < -0.3 is 26.0 Å². The molecule has 0 radical (unpaired) electrons. The molecule has 9 nitrogen and oxygen atoms in total. The summed E-state index contributed by atoms with van der Waals surface area (Å²) >= 11 is 0. The van der Waals surface area contributed by atoms with Crippen molar-refractivity contribution in [3.63, 3.8) is 0 Å². The monoisotopic (exact) mass is 455 g/mol. The number of carbonyl (C=O) groups excluding carboxylic acids is 3. The second-order valence-electron chi connectivity index (χ2n) is 9.75. The Hall–Kier alpha value is -3.33. The minimum Gasteiger partial charge on any atom is -0.511 e. The fourth-order valence-electron chi connectivity index (χ4n) is 5.95. The van der Waals surface area contributed by atoms with Crippen LogP contribution in [0.15, 0.2) is 34.8 Å². The van der Waals surface area contributed by atoms with E-state index in [0.29, 0.717) is 18.4 Å². The summed E-state index contributed by atoms with van der Waals surface area (Å²) in [5, 5.41) is 32.8. The normalized spacial score (nSPS) is 29.1. The van der Waals surface area contributed by atoms with Crippen molar-refractivity contribution in [1.29, 1.82) is 0 Å². The molecule has 0 saturated carbocycles. The molecule has 1 amide bonds. The standard InChI is InChI=1S/C24H29N3O6/c1-24-12(18(27(4)5)20(30)17(22(24)32)23(25)33)9-10-8-11-13(26(2)3)6-7-14(28)16(11)19(29)15(10)21(24)31/h6-7,10,12,18,28,30-31H,8-9H2,1-5H3,(H2,25,33)/t10-,12-,18-,24+/m0/s1. The topological polar surface area (TPSA) is 144 Å². The van der Waals surface area contributed by atoms with Gasteiger partial charge in [-0.15, -0.1) is 0 Å². The molecule has 0 fully saturated rings. The molecule has 9 heteroatoms. The highest BCUT2D eigenvalue weighted by Gasteiger charge is 2.61. The Kier molecular flexibility index (Phi) is 5.09. The molecule has 0 bridgehead atoms. The Balaban J connectivity index is 1.98. The molecule has 0 spiro atoms. The van der Waals surface area contributed by atoms with Crippen LogP contribution in [0.5, 0.6) is 5.75 Å². The molecule has 4 atom stereocenters. The van der Waals surface area contributed by atoms with Crippen LogP contribution in [-0.2, 0) is 16.0 Å². The summed E-state index contributed by atoms with van der Waals surface area (Å²) in [6.45, 7) is 1.49. The zero-order valence-electron chi connectivity index (χ0n) is 19.3. The van der Waals surface area contributed by atoms with Crippen LogP contribution in [0.25, 0.3) is 0 Å². The number of carbonyl (C=O) groups is 3. The molecule has 1 aromatic rings. The number of fused-ring (bicyclic) bond motifs is 3.